The maximum atomic E-state index is 12.3. The van der Waals surface area contributed by atoms with Gasteiger partial charge in [-0.25, -0.2) is 9.97 Å². The Balaban J connectivity index is 1.80. The zero-order chi connectivity index (χ0) is 18.1. The van der Waals surface area contributed by atoms with E-state index < -0.39 is 0 Å². The first kappa shape index (κ1) is 19.6. The van der Waals surface area contributed by atoms with Gasteiger partial charge in [-0.05, 0) is 34.0 Å². The topological polar surface area (TPSA) is 82.6 Å². The second-order valence-corrected chi connectivity index (χ2v) is 6.48. The summed E-state index contributed by atoms with van der Waals surface area (Å²) in [5, 5.41) is 6.20. The van der Waals surface area contributed by atoms with Gasteiger partial charge in [-0.2, -0.15) is 0 Å². The van der Waals surface area contributed by atoms with Crippen molar-refractivity contribution >= 4 is 11.7 Å². The summed E-state index contributed by atoms with van der Waals surface area (Å²) in [5.74, 6) is 1.13. The van der Waals surface area contributed by atoms with E-state index in [4.69, 9.17) is 4.74 Å². The van der Waals surface area contributed by atoms with Crippen LogP contribution in [0.25, 0.3) is 0 Å². The van der Waals surface area contributed by atoms with E-state index >= 15 is 0 Å². The van der Waals surface area contributed by atoms with E-state index in [0.29, 0.717) is 23.9 Å². The first-order valence-electron chi connectivity index (χ1n) is 8.87. The highest BCUT2D eigenvalue weighted by Gasteiger charge is 2.12. The van der Waals surface area contributed by atoms with E-state index in [1.807, 2.05) is 14.1 Å². The minimum absolute atomic E-state index is 0.152. The van der Waals surface area contributed by atoms with Crippen LogP contribution in [0.2, 0.25) is 0 Å². The molecule has 0 saturated carbocycles. The van der Waals surface area contributed by atoms with Crippen molar-refractivity contribution in [3.05, 3.63) is 17.6 Å². The summed E-state index contributed by atoms with van der Waals surface area (Å²) in [6.45, 7) is 8.61. The monoisotopic (exact) mass is 350 g/mol. The third-order valence-corrected chi connectivity index (χ3v) is 3.98. The van der Waals surface area contributed by atoms with Gasteiger partial charge in [0, 0.05) is 38.8 Å². The number of nitrogens with zero attached hydrogens (tertiary/aromatic N) is 4. The van der Waals surface area contributed by atoms with Gasteiger partial charge < -0.3 is 20.3 Å². The largest absolute Gasteiger partial charge is 0.379 e. The van der Waals surface area contributed by atoms with Crippen molar-refractivity contribution in [2.75, 3.05) is 71.9 Å². The van der Waals surface area contributed by atoms with Gasteiger partial charge in [-0.1, -0.05) is 0 Å². The Morgan fingerprint density at radius 2 is 2.04 bits per heavy atom. The number of carbonyl (C=O) groups excluding carboxylic acids is 1. The molecular weight excluding hydrogens is 320 g/mol. The molecule has 1 aliphatic heterocycles. The first-order valence-corrected chi connectivity index (χ1v) is 8.87. The van der Waals surface area contributed by atoms with Crippen LogP contribution < -0.4 is 10.6 Å². The lowest BCUT2D eigenvalue weighted by Gasteiger charge is -2.26. The molecule has 1 aromatic heterocycles. The summed E-state index contributed by atoms with van der Waals surface area (Å²) in [6.07, 6.45) is 0.910. The van der Waals surface area contributed by atoms with Crippen LogP contribution in [0.5, 0.6) is 0 Å². The Morgan fingerprint density at radius 1 is 1.28 bits per heavy atom. The van der Waals surface area contributed by atoms with Gasteiger partial charge in [0.1, 0.15) is 17.3 Å². The Labute approximate surface area is 150 Å². The van der Waals surface area contributed by atoms with Crippen molar-refractivity contribution in [3.8, 4) is 0 Å². The van der Waals surface area contributed by atoms with E-state index in [9.17, 15) is 4.79 Å². The van der Waals surface area contributed by atoms with E-state index in [1.165, 1.54) is 0 Å². The summed E-state index contributed by atoms with van der Waals surface area (Å²) in [4.78, 5) is 25.3. The molecule has 8 nitrogen and oxygen atoms in total. The summed E-state index contributed by atoms with van der Waals surface area (Å²) < 4.78 is 5.35. The molecule has 2 N–H and O–H groups in total. The minimum Gasteiger partial charge on any atom is -0.379 e. The van der Waals surface area contributed by atoms with Crippen molar-refractivity contribution in [1.29, 1.82) is 0 Å². The highest BCUT2D eigenvalue weighted by Crippen LogP contribution is 2.07. The van der Waals surface area contributed by atoms with Crippen LogP contribution >= 0.6 is 0 Å². The first-order chi connectivity index (χ1) is 12.0. The number of hydrogen-bond acceptors (Lipinski definition) is 7. The molecule has 2 rings (SSSR count). The summed E-state index contributed by atoms with van der Waals surface area (Å²) >= 11 is 0. The van der Waals surface area contributed by atoms with Gasteiger partial charge in [-0.3, -0.25) is 9.69 Å². The summed E-state index contributed by atoms with van der Waals surface area (Å²) in [5.41, 5.74) is 0.409. The quantitative estimate of drug-likeness (QED) is 0.616. The molecule has 2 heterocycles. The predicted octanol–water partition coefficient (Wildman–Crippen LogP) is 0.211. The Kier molecular flexibility index (Phi) is 8.03. The standard InChI is InChI=1S/C17H30N6O2/c1-14-20-15(17(24)19-5-4-7-22(2)3)13-16(21-14)18-6-8-23-9-11-25-12-10-23/h13H,4-12H2,1-3H3,(H,19,24)(H,18,20,21). The molecule has 0 unspecified atom stereocenters. The maximum absolute atomic E-state index is 12.3. The number of aromatic nitrogens is 2. The van der Waals surface area contributed by atoms with Crippen LogP contribution in [0, 0.1) is 6.92 Å². The number of morpholine rings is 1. The number of anilines is 1. The minimum atomic E-state index is -0.152. The fourth-order valence-electron chi connectivity index (χ4n) is 2.63. The molecule has 25 heavy (non-hydrogen) atoms. The van der Waals surface area contributed by atoms with Crippen LogP contribution in [-0.2, 0) is 4.74 Å². The smallest absolute Gasteiger partial charge is 0.270 e. The summed E-state index contributed by atoms with van der Waals surface area (Å²) in [7, 11) is 4.04. The molecular formula is C17H30N6O2. The number of amides is 1. The average molecular weight is 350 g/mol. The van der Waals surface area contributed by atoms with Crippen LogP contribution in [0.4, 0.5) is 5.82 Å². The molecule has 140 valence electrons. The molecule has 0 radical (unpaired) electrons. The number of nitrogens with one attached hydrogen (secondary N) is 2. The van der Waals surface area contributed by atoms with Crippen LogP contribution in [0.3, 0.4) is 0 Å². The van der Waals surface area contributed by atoms with Crippen LogP contribution in [-0.4, -0.2) is 92.3 Å². The fourth-order valence-corrected chi connectivity index (χ4v) is 2.63. The average Bonchev–Trinajstić information content (AvgIpc) is 2.59. The third kappa shape index (κ3) is 7.33. The second kappa shape index (κ2) is 10.3. The van der Waals surface area contributed by atoms with Gasteiger partial charge in [0.2, 0.25) is 0 Å². The predicted molar refractivity (Wildman–Crippen MR) is 98.0 cm³/mol. The van der Waals surface area contributed by atoms with E-state index in [2.05, 4.69) is 30.4 Å². The lowest BCUT2D eigenvalue weighted by Crippen LogP contribution is -2.39. The molecule has 8 heteroatoms. The second-order valence-electron chi connectivity index (χ2n) is 6.48. The molecule has 0 spiro atoms. The Hall–Kier alpha value is -1.77. The van der Waals surface area contributed by atoms with Gasteiger partial charge >= 0.3 is 0 Å². The zero-order valence-electron chi connectivity index (χ0n) is 15.5. The van der Waals surface area contributed by atoms with E-state index in [0.717, 1.165) is 52.4 Å². The van der Waals surface area contributed by atoms with E-state index in [1.54, 1.807) is 13.0 Å². The van der Waals surface area contributed by atoms with Crippen molar-refractivity contribution in [2.24, 2.45) is 0 Å². The normalized spacial score (nSPS) is 15.4. The Morgan fingerprint density at radius 3 is 2.76 bits per heavy atom. The number of carbonyl (C=O) groups is 1. The maximum Gasteiger partial charge on any atom is 0.270 e. The lowest BCUT2D eigenvalue weighted by molar-refractivity contribution is 0.0398. The third-order valence-electron chi connectivity index (χ3n) is 3.98. The number of ether oxygens (including phenoxy) is 1. The van der Waals surface area contributed by atoms with Gasteiger partial charge in [-0.15, -0.1) is 0 Å². The number of aryl methyl sites for hydroxylation is 1. The highest BCUT2D eigenvalue weighted by molar-refractivity contribution is 5.92. The molecule has 1 saturated heterocycles. The van der Waals surface area contributed by atoms with Crippen molar-refractivity contribution in [2.45, 2.75) is 13.3 Å². The van der Waals surface area contributed by atoms with Crippen LogP contribution in [0.1, 0.15) is 22.7 Å². The molecule has 1 aromatic rings. The molecule has 0 atom stereocenters. The molecule has 0 aromatic carbocycles. The summed E-state index contributed by atoms with van der Waals surface area (Å²) in [6, 6.07) is 1.72. The number of hydrogen-bond donors (Lipinski definition) is 2. The van der Waals surface area contributed by atoms with Crippen LogP contribution in [0.15, 0.2) is 6.07 Å². The van der Waals surface area contributed by atoms with Crippen molar-refractivity contribution in [3.63, 3.8) is 0 Å². The van der Waals surface area contributed by atoms with E-state index in [-0.39, 0.29) is 5.91 Å². The van der Waals surface area contributed by atoms with Gasteiger partial charge in [0.15, 0.2) is 0 Å². The molecule has 1 aliphatic rings. The zero-order valence-corrected chi connectivity index (χ0v) is 15.5. The lowest BCUT2D eigenvalue weighted by atomic mass is 10.3. The highest BCUT2D eigenvalue weighted by atomic mass is 16.5. The fraction of sp³-hybridized carbons (Fsp3) is 0.706. The number of rotatable bonds is 9. The van der Waals surface area contributed by atoms with Crippen molar-refractivity contribution in [1.82, 2.24) is 25.1 Å². The molecule has 1 fully saturated rings. The van der Waals surface area contributed by atoms with Gasteiger partial charge in [0.25, 0.3) is 5.91 Å². The Bertz CT molecular complexity index is 546. The molecule has 0 bridgehead atoms. The SMILES string of the molecule is Cc1nc(NCCN2CCOCC2)cc(C(=O)NCCCN(C)C)n1. The van der Waals surface area contributed by atoms with Gasteiger partial charge in [0.05, 0.1) is 13.2 Å². The molecule has 1 amide bonds. The van der Waals surface area contributed by atoms with Crippen molar-refractivity contribution < 1.29 is 9.53 Å². The molecule has 0 aliphatic carbocycles.